The largest absolute Gasteiger partial charge is 0.497 e. The van der Waals surface area contributed by atoms with Gasteiger partial charge in [0.1, 0.15) is 5.75 Å². The van der Waals surface area contributed by atoms with Crippen molar-refractivity contribution in [1.82, 2.24) is 9.44 Å². The van der Waals surface area contributed by atoms with Crippen LogP contribution >= 0.6 is 0 Å². The third-order valence-electron chi connectivity index (χ3n) is 6.23. The molecule has 0 amide bonds. The lowest BCUT2D eigenvalue weighted by Crippen LogP contribution is -2.36. The molecule has 3 aromatic carbocycles. The van der Waals surface area contributed by atoms with Crippen LogP contribution in [-0.2, 0) is 20.0 Å². The quantitative estimate of drug-likeness (QED) is 0.441. The van der Waals surface area contributed by atoms with E-state index in [0.717, 1.165) is 43.2 Å². The molecule has 1 atom stereocenters. The van der Waals surface area contributed by atoms with E-state index in [1.54, 1.807) is 19.2 Å². The van der Waals surface area contributed by atoms with E-state index >= 15 is 0 Å². The van der Waals surface area contributed by atoms with Crippen molar-refractivity contribution in [3.8, 4) is 5.75 Å². The molecule has 186 valence electrons. The van der Waals surface area contributed by atoms with Gasteiger partial charge < -0.3 is 4.74 Å². The van der Waals surface area contributed by atoms with Gasteiger partial charge in [0.05, 0.1) is 22.9 Å². The van der Waals surface area contributed by atoms with Gasteiger partial charge in [-0.05, 0) is 60.4 Å². The molecule has 0 aromatic heterocycles. The Bertz CT molecular complexity index is 1320. The molecule has 0 aliphatic heterocycles. The summed E-state index contributed by atoms with van der Waals surface area (Å²) < 4.78 is 62.9. The first-order valence-electron chi connectivity index (χ1n) is 11.6. The second kappa shape index (κ2) is 10.9. The lowest BCUT2D eigenvalue weighted by Gasteiger charge is -2.22. The van der Waals surface area contributed by atoms with E-state index in [9.17, 15) is 16.8 Å². The molecule has 1 aliphatic carbocycles. The van der Waals surface area contributed by atoms with Crippen LogP contribution < -0.4 is 14.2 Å². The van der Waals surface area contributed by atoms with E-state index in [0.29, 0.717) is 5.75 Å². The minimum Gasteiger partial charge on any atom is -0.497 e. The minimum atomic E-state index is -3.96. The SMILES string of the molecule is COc1ccc([C@@H](NS(=O)(=O)c2ccc(S(=O)(=O)NC3CCCCC3)cc2)c2ccccc2)cc1. The van der Waals surface area contributed by atoms with Crippen LogP contribution in [0.3, 0.4) is 0 Å². The van der Waals surface area contributed by atoms with E-state index in [1.165, 1.54) is 24.3 Å². The molecule has 0 heterocycles. The third-order valence-corrected chi connectivity index (χ3v) is 9.20. The number of nitrogens with one attached hydrogen (secondary N) is 2. The van der Waals surface area contributed by atoms with Crippen molar-refractivity contribution in [1.29, 1.82) is 0 Å². The average molecular weight is 515 g/mol. The molecule has 0 saturated heterocycles. The number of methoxy groups -OCH3 is 1. The second-order valence-corrected chi connectivity index (χ2v) is 12.1. The first-order chi connectivity index (χ1) is 16.8. The summed E-state index contributed by atoms with van der Waals surface area (Å²) in [5, 5.41) is 0. The summed E-state index contributed by atoms with van der Waals surface area (Å²) in [5.41, 5.74) is 1.52. The van der Waals surface area contributed by atoms with Crippen LogP contribution in [0.2, 0.25) is 0 Å². The molecule has 9 heteroatoms. The molecule has 35 heavy (non-hydrogen) atoms. The Kier molecular flexibility index (Phi) is 7.91. The number of hydrogen-bond donors (Lipinski definition) is 2. The predicted octanol–water partition coefficient (Wildman–Crippen LogP) is 4.37. The van der Waals surface area contributed by atoms with Gasteiger partial charge in [0.25, 0.3) is 0 Å². The maximum atomic E-state index is 13.3. The summed E-state index contributed by atoms with van der Waals surface area (Å²) in [6.07, 6.45) is 4.78. The van der Waals surface area contributed by atoms with Gasteiger partial charge in [-0.15, -0.1) is 0 Å². The van der Waals surface area contributed by atoms with Crippen molar-refractivity contribution in [2.24, 2.45) is 0 Å². The zero-order valence-electron chi connectivity index (χ0n) is 19.6. The fourth-order valence-electron chi connectivity index (χ4n) is 4.30. The Balaban J connectivity index is 1.57. The standard InChI is InChI=1S/C26H30N2O5S2/c1-33-23-14-12-21(13-15-23)26(20-8-4-2-5-9-20)28-35(31,32)25-18-16-24(17-19-25)34(29,30)27-22-10-6-3-7-11-22/h2,4-5,8-9,12-19,22,26-28H,3,6-7,10-11H2,1H3/t26-/m0/s1. The molecular weight excluding hydrogens is 484 g/mol. The molecular formula is C26H30N2O5S2. The molecule has 7 nitrogen and oxygen atoms in total. The molecule has 3 aromatic rings. The maximum Gasteiger partial charge on any atom is 0.241 e. The second-order valence-electron chi connectivity index (χ2n) is 8.67. The van der Waals surface area contributed by atoms with E-state index in [2.05, 4.69) is 9.44 Å². The summed E-state index contributed by atoms with van der Waals surface area (Å²) >= 11 is 0. The number of rotatable bonds is 9. The van der Waals surface area contributed by atoms with Gasteiger partial charge in [-0.3, -0.25) is 0 Å². The Morgan fingerprint density at radius 2 is 1.26 bits per heavy atom. The van der Waals surface area contributed by atoms with E-state index < -0.39 is 26.1 Å². The molecule has 0 bridgehead atoms. The van der Waals surface area contributed by atoms with Gasteiger partial charge in [-0.2, -0.15) is 4.72 Å². The minimum absolute atomic E-state index is 0.0106. The molecule has 1 saturated carbocycles. The zero-order chi connectivity index (χ0) is 24.9. The van der Waals surface area contributed by atoms with Crippen molar-refractivity contribution >= 4 is 20.0 Å². The molecule has 4 rings (SSSR count). The Hall–Kier alpha value is -2.72. The fraction of sp³-hybridized carbons (Fsp3) is 0.308. The summed E-state index contributed by atoms with van der Waals surface area (Å²) in [7, 11) is -6.10. The first-order valence-corrected chi connectivity index (χ1v) is 14.6. The van der Waals surface area contributed by atoms with Gasteiger partial charge in [0.2, 0.25) is 20.0 Å². The van der Waals surface area contributed by atoms with Crippen LogP contribution in [0.25, 0.3) is 0 Å². The first kappa shape index (κ1) is 25.4. The zero-order valence-corrected chi connectivity index (χ0v) is 21.2. The highest BCUT2D eigenvalue weighted by atomic mass is 32.2. The van der Waals surface area contributed by atoms with E-state index in [1.807, 2.05) is 42.5 Å². The van der Waals surface area contributed by atoms with Crippen molar-refractivity contribution < 1.29 is 21.6 Å². The average Bonchev–Trinajstić information content (AvgIpc) is 2.88. The normalized spacial score (nSPS) is 16.0. The van der Waals surface area contributed by atoms with Crippen LogP contribution in [0.4, 0.5) is 0 Å². The van der Waals surface area contributed by atoms with Crippen molar-refractivity contribution in [2.75, 3.05) is 7.11 Å². The van der Waals surface area contributed by atoms with Crippen LogP contribution in [0, 0.1) is 0 Å². The molecule has 0 unspecified atom stereocenters. The van der Waals surface area contributed by atoms with Gasteiger partial charge in [-0.25, -0.2) is 21.6 Å². The van der Waals surface area contributed by atoms with E-state index in [-0.39, 0.29) is 15.8 Å². The maximum absolute atomic E-state index is 13.3. The van der Waals surface area contributed by atoms with Gasteiger partial charge in [0, 0.05) is 6.04 Å². The van der Waals surface area contributed by atoms with Crippen LogP contribution in [0.15, 0.2) is 88.7 Å². The van der Waals surface area contributed by atoms with Crippen LogP contribution in [0.1, 0.15) is 49.3 Å². The van der Waals surface area contributed by atoms with Gasteiger partial charge in [0.15, 0.2) is 0 Å². The number of sulfonamides is 2. The van der Waals surface area contributed by atoms with Gasteiger partial charge >= 0.3 is 0 Å². The Morgan fingerprint density at radius 1 is 0.714 bits per heavy atom. The highest BCUT2D eigenvalue weighted by Crippen LogP contribution is 2.27. The lowest BCUT2D eigenvalue weighted by molar-refractivity contribution is 0.412. The topological polar surface area (TPSA) is 102 Å². The predicted molar refractivity (Wildman–Crippen MR) is 135 cm³/mol. The number of hydrogen-bond acceptors (Lipinski definition) is 5. The fourth-order valence-corrected chi connectivity index (χ4v) is 6.82. The Morgan fingerprint density at radius 3 is 1.83 bits per heavy atom. The summed E-state index contributed by atoms with van der Waals surface area (Å²) in [5.74, 6) is 0.669. The lowest BCUT2D eigenvalue weighted by atomic mass is 9.96. The van der Waals surface area contributed by atoms with E-state index in [4.69, 9.17) is 4.74 Å². The number of benzene rings is 3. The van der Waals surface area contributed by atoms with Crippen LogP contribution in [0.5, 0.6) is 5.75 Å². The Labute approximate surface area is 207 Å². The summed E-state index contributed by atoms with van der Waals surface area (Å²) in [4.78, 5) is 0.0420. The molecule has 0 spiro atoms. The highest BCUT2D eigenvalue weighted by molar-refractivity contribution is 7.90. The van der Waals surface area contributed by atoms with Crippen molar-refractivity contribution in [2.45, 2.75) is 54.0 Å². The van der Waals surface area contributed by atoms with Crippen LogP contribution in [-0.4, -0.2) is 30.0 Å². The van der Waals surface area contributed by atoms with Crippen molar-refractivity contribution in [3.05, 3.63) is 90.0 Å². The molecule has 1 aliphatic rings. The third kappa shape index (κ3) is 6.29. The molecule has 1 fully saturated rings. The van der Waals surface area contributed by atoms with Crippen molar-refractivity contribution in [3.63, 3.8) is 0 Å². The monoisotopic (exact) mass is 514 g/mol. The summed E-state index contributed by atoms with van der Waals surface area (Å²) in [6, 6.07) is 21.1. The summed E-state index contributed by atoms with van der Waals surface area (Å²) in [6.45, 7) is 0. The molecule has 0 radical (unpaired) electrons. The molecule has 2 N–H and O–H groups in total. The van der Waals surface area contributed by atoms with Gasteiger partial charge in [-0.1, -0.05) is 61.7 Å². The number of ether oxygens (including phenoxy) is 1. The highest BCUT2D eigenvalue weighted by Gasteiger charge is 2.25. The smallest absolute Gasteiger partial charge is 0.241 e.